The van der Waals surface area contributed by atoms with E-state index in [4.69, 9.17) is 0 Å². The molecule has 0 saturated heterocycles. The van der Waals surface area contributed by atoms with E-state index in [0.29, 0.717) is 5.56 Å². The molecule has 88 valence electrons. The Morgan fingerprint density at radius 1 is 1.44 bits per heavy atom. The molecular formula is C10H12BrNO3S. The molecule has 0 aliphatic carbocycles. The summed E-state index contributed by atoms with van der Waals surface area (Å²) in [7, 11) is -3.74. The van der Waals surface area contributed by atoms with E-state index in [2.05, 4.69) is 15.9 Å². The first-order chi connectivity index (χ1) is 7.36. The monoisotopic (exact) mass is 305 g/mol. The highest BCUT2D eigenvalue weighted by molar-refractivity contribution is 9.10. The van der Waals surface area contributed by atoms with Gasteiger partial charge in [0.25, 0.3) is 10.0 Å². The van der Waals surface area contributed by atoms with Crippen LogP contribution in [0.4, 0.5) is 0 Å². The molecule has 1 N–H and O–H groups in total. The maximum atomic E-state index is 11.8. The minimum atomic E-state index is -3.74. The molecule has 1 aromatic rings. The lowest BCUT2D eigenvalue weighted by Crippen LogP contribution is -2.30. The van der Waals surface area contributed by atoms with Crippen molar-refractivity contribution in [2.75, 3.05) is 0 Å². The zero-order valence-corrected chi connectivity index (χ0v) is 11.4. The Morgan fingerprint density at radius 2 is 2.06 bits per heavy atom. The van der Waals surface area contributed by atoms with Crippen LogP contribution < -0.4 is 4.72 Å². The number of sulfonamides is 1. The van der Waals surface area contributed by atoms with Gasteiger partial charge in [-0.2, -0.15) is 0 Å². The largest absolute Gasteiger partial charge is 0.274 e. The van der Waals surface area contributed by atoms with Gasteiger partial charge in [0, 0.05) is 10.9 Å². The molecular weight excluding hydrogens is 294 g/mol. The minimum absolute atomic E-state index is 0.123. The van der Waals surface area contributed by atoms with E-state index in [-0.39, 0.29) is 11.3 Å². The van der Waals surface area contributed by atoms with E-state index >= 15 is 0 Å². The highest BCUT2D eigenvalue weighted by Gasteiger charge is 2.18. The lowest BCUT2D eigenvalue weighted by Gasteiger charge is -2.08. The van der Waals surface area contributed by atoms with Crippen LogP contribution in [0, 0.1) is 6.92 Å². The lowest BCUT2D eigenvalue weighted by molar-refractivity contribution is -0.119. The van der Waals surface area contributed by atoms with E-state index in [1.165, 1.54) is 6.07 Å². The van der Waals surface area contributed by atoms with E-state index in [0.717, 1.165) is 4.47 Å². The first kappa shape index (κ1) is 13.2. The summed E-state index contributed by atoms with van der Waals surface area (Å²) >= 11 is 3.25. The molecule has 1 rings (SSSR count). The van der Waals surface area contributed by atoms with E-state index in [1.54, 1.807) is 26.0 Å². The van der Waals surface area contributed by atoms with Crippen molar-refractivity contribution >= 4 is 31.9 Å². The highest BCUT2D eigenvalue weighted by Crippen LogP contribution is 2.19. The van der Waals surface area contributed by atoms with Gasteiger partial charge in [-0.25, -0.2) is 13.1 Å². The van der Waals surface area contributed by atoms with Crippen molar-refractivity contribution < 1.29 is 13.2 Å². The Balaban J connectivity index is 3.13. The summed E-state index contributed by atoms with van der Waals surface area (Å²) in [6.45, 7) is 3.27. The molecule has 0 aliphatic heterocycles. The van der Waals surface area contributed by atoms with Crippen molar-refractivity contribution in [3.8, 4) is 0 Å². The number of rotatable bonds is 3. The van der Waals surface area contributed by atoms with Crippen molar-refractivity contribution in [1.29, 1.82) is 0 Å². The molecule has 0 atom stereocenters. The lowest BCUT2D eigenvalue weighted by atomic mass is 10.2. The zero-order chi connectivity index (χ0) is 12.3. The van der Waals surface area contributed by atoms with Gasteiger partial charge < -0.3 is 0 Å². The van der Waals surface area contributed by atoms with Crippen LogP contribution in [0.1, 0.15) is 18.9 Å². The topological polar surface area (TPSA) is 63.2 Å². The molecule has 0 unspecified atom stereocenters. The smallest absolute Gasteiger partial charge is 0.264 e. The van der Waals surface area contributed by atoms with Crippen LogP contribution in [-0.2, 0) is 14.8 Å². The molecule has 6 heteroatoms. The molecule has 0 aromatic heterocycles. The van der Waals surface area contributed by atoms with Crippen molar-refractivity contribution in [2.24, 2.45) is 0 Å². The Morgan fingerprint density at radius 3 is 2.56 bits per heavy atom. The van der Waals surface area contributed by atoms with Gasteiger partial charge in [0.15, 0.2) is 0 Å². The van der Waals surface area contributed by atoms with Gasteiger partial charge >= 0.3 is 0 Å². The SMILES string of the molecule is CCC(=O)NS(=O)(=O)c1ccc(Br)cc1C. The van der Waals surface area contributed by atoms with Gasteiger partial charge in [-0.05, 0) is 30.7 Å². The van der Waals surface area contributed by atoms with Gasteiger partial charge in [0.2, 0.25) is 5.91 Å². The third kappa shape index (κ3) is 3.05. The summed E-state index contributed by atoms with van der Waals surface area (Å²) in [4.78, 5) is 11.2. The maximum absolute atomic E-state index is 11.8. The molecule has 16 heavy (non-hydrogen) atoms. The number of aryl methyl sites for hydroxylation is 1. The van der Waals surface area contributed by atoms with Crippen molar-refractivity contribution in [1.82, 2.24) is 4.72 Å². The normalized spacial score (nSPS) is 11.2. The molecule has 0 aliphatic rings. The van der Waals surface area contributed by atoms with Gasteiger partial charge in [0.1, 0.15) is 0 Å². The van der Waals surface area contributed by atoms with Gasteiger partial charge in [-0.15, -0.1) is 0 Å². The van der Waals surface area contributed by atoms with Crippen LogP contribution in [0.2, 0.25) is 0 Å². The fraction of sp³-hybridized carbons (Fsp3) is 0.300. The minimum Gasteiger partial charge on any atom is -0.274 e. The maximum Gasteiger partial charge on any atom is 0.264 e. The number of carbonyl (C=O) groups is 1. The Labute approximate surface area is 103 Å². The Hall–Kier alpha value is -0.880. The predicted molar refractivity (Wildman–Crippen MR) is 64.5 cm³/mol. The molecule has 0 saturated carbocycles. The fourth-order valence-electron chi connectivity index (χ4n) is 1.19. The first-order valence-electron chi connectivity index (χ1n) is 4.68. The second-order valence-corrected chi connectivity index (χ2v) is 5.86. The molecule has 4 nitrogen and oxygen atoms in total. The van der Waals surface area contributed by atoms with Crippen LogP contribution in [0.3, 0.4) is 0 Å². The number of halogens is 1. The molecule has 0 heterocycles. The summed E-state index contributed by atoms with van der Waals surface area (Å²) in [5.74, 6) is -0.512. The first-order valence-corrected chi connectivity index (χ1v) is 6.96. The number of hydrogen-bond donors (Lipinski definition) is 1. The van der Waals surface area contributed by atoms with Crippen LogP contribution in [0.5, 0.6) is 0 Å². The quantitative estimate of drug-likeness (QED) is 0.928. The van der Waals surface area contributed by atoms with Crippen LogP contribution in [0.25, 0.3) is 0 Å². The van der Waals surface area contributed by atoms with Crippen LogP contribution >= 0.6 is 15.9 Å². The molecule has 0 bridgehead atoms. The number of nitrogens with one attached hydrogen (secondary N) is 1. The van der Waals surface area contributed by atoms with Crippen LogP contribution in [-0.4, -0.2) is 14.3 Å². The van der Waals surface area contributed by atoms with Crippen molar-refractivity contribution in [3.63, 3.8) is 0 Å². The third-order valence-electron chi connectivity index (χ3n) is 2.00. The Bertz CT molecular complexity index is 511. The number of hydrogen-bond acceptors (Lipinski definition) is 3. The van der Waals surface area contributed by atoms with Crippen LogP contribution in [0.15, 0.2) is 27.6 Å². The van der Waals surface area contributed by atoms with Crippen molar-refractivity contribution in [2.45, 2.75) is 25.2 Å². The average Bonchev–Trinajstić information content (AvgIpc) is 2.16. The number of benzene rings is 1. The second kappa shape index (κ2) is 4.97. The van der Waals surface area contributed by atoms with Gasteiger partial charge in [0.05, 0.1) is 4.90 Å². The summed E-state index contributed by atoms with van der Waals surface area (Å²) in [6, 6.07) is 4.77. The predicted octanol–water partition coefficient (Wildman–Crippen LogP) is 1.97. The molecule has 1 amide bonds. The standard InChI is InChI=1S/C10H12BrNO3S/c1-3-10(13)12-16(14,15)9-5-4-8(11)6-7(9)2/h4-6H,3H2,1-2H3,(H,12,13). The van der Waals surface area contributed by atoms with E-state index in [1.807, 2.05) is 4.72 Å². The van der Waals surface area contributed by atoms with E-state index < -0.39 is 15.9 Å². The average molecular weight is 306 g/mol. The molecule has 0 spiro atoms. The Kier molecular flexibility index (Phi) is 4.09. The fourth-order valence-corrected chi connectivity index (χ4v) is 2.95. The molecule has 0 fully saturated rings. The summed E-state index contributed by atoms with van der Waals surface area (Å²) in [5.41, 5.74) is 0.589. The summed E-state index contributed by atoms with van der Waals surface area (Å²) < 4.78 is 26.4. The van der Waals surface area contributed by atoms with Gasteiger partial charge in [-0.1, -0.05) is 22.9 Å². The third-order valence-corrected chi connectivity index (χ3v) is 4.02. The number of carbonyl (C=O) groups excluding carboxylic acids is 1. The molecule has 0 radical (unpaired) electrons. The molecule has 1 aromatic carbocycles. The highest BCUT2D eigenvalue weighted by atomic mass is 79.9. The second-order valence-electron chi connectivity index (χ2n) is 3.29. The van der Waals surface area contributed by atoms with Gasteiger partial charge in [-0.3, -0.25) is 4.79 Å². The van der Waals surface area contributed by atoms with E-state index in [9.17, 15) is 13.2 Å². The summed E-state index contributed by atoms with van der Waals surface area (Å²) in [5, 5.41) is 0. The number of amides is 1. The van der Waals surface area contributed by atoms with Crippen molar-refractivity contribution in [3.05, 3.63) is 28.2 Å². The summed E-state index contributed by atoms with van der Waals surface area (Å²) in [6.07, 6.45) is 0.134. The zero-order valence-electron chi connectivity index (χ0n) is 8.95.